The number of halogens is 1. The maximum absolute atomic E-state index is 9.88. The van der Waals surface area contributed by atoms with Crippen LogP contribution in [0.2, 0.25) is 0 Å². The summed E-state index contributed by atoms with van der Waals surface area (Å²) in [5, 5.41) is 32.5. The Balaban J connectivity index is 1.88. The van der Waals surface area contributed by atoms with Crippen molar-refractivity contribution >= 4 is 39.4 Å². The lowest BCUT2D eigenvalue weighted by atomic mass is 9.85. The van der Waals surface area contributed by atoms with Gasteiger partial charge in [0.2, 0.25) is 0 Å². The van der Waals surface area contributed by atoms with Crippen LogP contribution in [0.3, 0.4) is 0 Å². The van der Waals surface area contributed by atoms with Crippen molar-refractivity contribution in [2.75, 3.05) is 0 Å². The van der Waals surface area contributed by atoms with Crippen LogP contribution in [0, 0.1) is 34.0 Å². The number of hydrogen-bond donors (Lipinski definition) is 1. The average Bonchev–Trinajstić information content (AvgIpc) is 2.98. The molecule has 1 N–H and O–H groups in total. The molecule has 0 aliphatic carbocycles. The molecule has 0 saturated carbocycles. The van der Waals surface area contributed by atoms with E-state index in [-0.39, 0.29) is 22.9 Å². The summed E-state index contributed by atoms with van der Waals surface area (Å²) in [6.07, 6.45) is 0.769. The molecule has 4 rings (SSSR count). The number of nitriles is 3. The van der Waals surface area contributed by atoms with E-state index in [4.69, 9.17) is 16.6 Å². The average molecular weight is 423 g/mol. The van der Waals surface area contributed by atoms with E-state index in [0.717, 1.165) is 16.8 Å². The molecule has 148 valence electrons. The van der Waals surface area contributed by atoms with Crippen molar-refractivity contribution in [3.8, 4) is 18.2 Å². The number of benzene rings is 2. The first-order chi connectivity index (χ1) is 15.1. The van der Waals surface area contributed by atoms with Gasteiger partial charge in [-0.05, 0) is 29.7 Å². The second kappa shape index (κ2) is 8.67. The van der Waals surface area contributed by atoms with E-state index >= 15 is 0 Å². The summed E-state index contributed by atoms with van der Waals surface area (Å²) >= 11 is 6.39. The van der Waals surface area contributed by atoms with Crippen molar-refractivity contribution in [2.24, 2.45) is 9.98 Å². The molecule has 6 nitrogen and oxygen atoms in total. The van der Waals surface area contributed by atoms with Gasteiger partial charge in [-0.1, -0.05) is 54.1 Å². The minimum absolute atomic E-state index is 0.149. The summed E-state index contributed by atoms with van der Waals surface area (Å²) in [6.45, 7) is 0. The number of para-hydroxylation sites is 2. The van der Waals surface area contributed by atoms with E-state index in [9.17, 15) is 15.8 Å². The molecule has 7 heteroatoms. The molecule has 0 radical (unpaired) electrons. The molecular formula is C24H15ClN6. The number of allylic oxidation sites excluding steroid dienone is 2. The molecule has 0 spiro atoms. The van der Waals surface area contributed by atoms with Crippen molar-refractivity contribution in [1.82, 2.24) is 5.32 Å². The Morgan fingerprint density at radius 2 is 1.58 bits per heavy atom. The molecule has 0 bridgehead atoms. The van der Waals surface area contributed by atoms with Gasteiger partial charge in [0.25, 0.3) is 0 Å². The zero-order chi connectivity index (χ0) is 21.8. The zero-order valence-corrected chi connectivity index (χ0v) is 17.1. The summed E-state index contributed by atoms with van der Waals surface area (Å²) in [4.78, 5) is 9.24. The van der Waals surface area contributed by atoms with E-state index in [2.05, 4.69) is 16.4 Å². The SMILES string of the molecule is N#CC(C#N)=C1NC(C2=Nc3ccccc3N=C(Cl)C2)CC(c2ccccc2)=C1C#N. The highest BCUT2D eigenvalue weighted by atomic mass is 35.5. The number of nitrogens with zero attached hydrogens (tertiary/aromatic N) is 5. The Hall–Kier alpha value is -4.18. The van der Waals surface area contributed by atoms with Crippen molar-refractivity contribution < 1.29 is 0 Å². The van der Waals surface area contributed by atoms with E-state index in [1.807, 2.05) is 66.7 Å². The highest BCUT2D eigenvalue weighted by molar-refractivity contribution is 6.67. The third-order valence-electron chi connectivity index (χ3n) is 5.10. The molecule has 31 heavy (non-hydrogen) atoms. The Bertz CT molecular complexity index is 1280. The summed E-state index contributed by atoms with van der Waals surface area (Å²) in [7, 11) is 0. The highest BCUT2D eigenvalue weighted by Crippen LogP contribution is 2.36. The topological polar surface area (TPSA) is 108 Å². The fraction of sp³-hybridized carbons (Fsp3) is 0.125. The quantitative estimate of drug-likeness (QED) is 0.681. The van der Waals surface area contributed by atoms with Gasteiger partial charge in [0.1, 0.15) is 23.4 Å². The lowest BCUT2D eigenvalue weighted by Crippen LogP contribution is -2.41. The van der Waals surface area contributed by atoms with Gasteiger partial charge < -0.3 is 5.32 Å². The lowest BCUT2D eigenvalue weighted by molar-refractivity contribution is 0.697. The molecule has 0 amide bonds. The van der Waals surface area contributed by atoms with Gasteiger partial charge in [-0.3, -0.25) is 4.99 Å². The maximum Gasteiger partial charge on any atom is 0.154 e. The van der Waals surface area contributed by atoms with Gasteiger partial charge in [-0.2, -0.15) is 15.8 Å². The predicted octanol–water partition coefficient (Wildman–Crippen LogP) is 5.07. The molecular weight excluding hydrogens is 408 g/mol. The molecule has 2 aromatic carbocycles. The van der Waals surface area contributed by atoms with E-state index < -0.39 is 0 Å². The van der Waals surface area contributed by atoms with Gasteiger partial charge in [0.15, 0.2) is 5.57 Å². The van der Waals surface area contributed by atoms with Crippen molar-refractivity contribution in [2.45, 2.75) is 18.9 Å². The zero-order valence-electron chi connectivity index (χ0n) is 16.3. The molecule has 0 aromatic heterocycles. The van der Waals surface area contributed by atoms with Gasteiger partial charge >= 0.3 is 0 Å². The lowest BCUT2D eigenvalue weighted by Gasteiger charge is -2.30. The summed E-state index contributed by atoms with van der Waals surface area (Å²) in [5.41, 5.74) is 4.05. The molecule has 2 heterocycles. The Kier molecular flexibility index (Phi) is 5.63. The van der Waals surface area contributed by atoms with Crippen molar-refractivity contribution in [1.29, 1.82) is 15.8 Å². The second-order valence-electron chi connectivity index (χ2n) is 6.96. The van der Waals surface area contributed by atoms with Gasteiger partial charge in [0, 0.05) is 12.1 Å². The Morgan fingerprint density at radius 3 is 2.23 bits per heavy atom. The van der Waals surface area contributed by atoms with Crippen LogP contribution in [0.25, 0.3) is 5.57 Å². The minimum atomic E-state index is -0.367. The van der Waals surface area contributed by atoms with Crippen molar-refractivity contribution in [3.63, 3.8) is 0 Å². The first-order valence-electron chi connectivity index (χ1n) is 9.54. The number of rotatable bonds is 2. The van der Waals surface area contributed by atoms with Gasteiger partial charge in [-0.15, -0.1) is 0 Å². The minimum Gasteiger partial charge on any atom is -0.374 e. The summed E-state index contributed by atoms with van der Waals surface area (Å²) in [5.74, 6) is 0. The first kappa shape index (κ1) is 20.1. The predicted molar refractivity (Wildman–Crippen MR) is 120 cm³/mol. The monoisotopic (exact) mass is 422 g/mol. The Morgan fingerprint density at radius 1 is 0.935 bits per heavy atom. The summed E-state index contributed by atoms with van der Waals surface area (Å²) < 4.78 is 0. The fourth-order valence-electron chi connectivity index (χ4n) is 3.68. The van der Waals surface area contributed by atoms with E-state index in [1.54, 1.807) is 0 Å². The normalized spacial score (nSPS) is 17.6. The van der Waals surface area contributed by atoms with Crippen LogP contribution in [0.15, 0.2) is 81.4 Å². The van der Waals surface area contributed by atoms with Gasteiger partial charge in [0.05, 0.1) is 28.7 Å². The highest BCUT2D eigenvalue weighted by Gasteiger charge is 2.31. The Labute approximate surface area is 184 Å². The second-order valence-corrected chi connectivity index (χ2v) is 7.40. The molecule has 2 aliphatic rings. The number of nitrogens with one attached hydrogen (secondary N) is 1. The van der Waals surface area contributed by atoms with Crippen LogP contribution in [0.1, 0.15) is 18.4 Å². The molecule has 2 aliphatic heterocycles. The van der Waals surface area contributed by atoms with Crippen LogP contribution in [-0.2, 0) is 0 Å². The van der Waals surface area contributed by atoms with E-state index in [0.29, 0.717) is 29.4 Å². The van der Waals surface area contributed by atoms with Crippen LogP contribution < -0.4 is 5.32 Å². The van der Waals surface area contributed by atoms with Gasteiger partial charge in [-0.25, -0.2) is 4.99 Å². The molecule has 0 fully saturated rings. The van der Waals surface area contributed by atoms with Crippen molar-refractivity contribution in [3.05, 3.63) is 77.0 Å². The first-order valence-corrected chi connectivity index (χ1v) is 9.92. The number of aliphatic imine (C=N–C) groups is 2. The molecule has 1 atom stereocenters. The fourth-order valence-corrected chi connectivity index (χ4v) is 3.91. The van der Waals surface area contributed by atoms with Crippen LogP contribution in [0.5, 0.6) is 0 Å². The third-order valence-corrected chi connectivity index (χ3v) is 5.32. The molecule has 1 unspecified atom stereocenters. The largest absolute Gasteiger partial charge is 0.374 e. The standard InChI is InChI=1S/C24H15ClN6/c25-23-11-22(29-19-8-4-5-9-20(19)30-23)21-10-17(15-6-2-1-3-7-15)18(14-28)24(31-21)16(12-26)13-27/h1-9,21,31H,10-11H2. The van der Waals surface area contributed by atoms with Crippen LogP contribution in [0.4, 0.5) is 11.4 Å². The summed E-state index contributed by atoms with van der Waals surface area (Å²) in [6, 6.07) is 22.5. The van der Waals surface area contributed by atoms with Crippen LogP contribution >= 0.6 is 11.6 Å². The number of fused-ring (bicyclic) bond motifs is 1. The third kappa shape index (κ3) is 3.96. The molecule has 0 saturated heterocycles. The smallest absolute Gasteiger partial charge is 0.154 e. The molecule has 2 aromatic rings. The maximum atomic E-state index is 9.88. The van der Waals surface area contributed by atoms with Crippen LogP contribution in [-0.4, -0.2) is 16.9 Å². The van der Waals surface area contributed by atoms with E-state index in [1.165, 1.54) is 0 Å². The number of hydrogen-bond acceptors (Lipinski definition) is 6.